The Balaban J connectivity index is 2.26. The lowest BCUT2D eigenvalue weighted by Crippen LogP contribution is -2.56. The van der Waals surface area contributed by atoms with Gasteiger partial charge in [-0.05, 0) is 12.3 Å². The first kappa shape index (κ1) is 9.39. The van der Waals surface area contributed by atoms with Crippen molar-refractivity contribution in [1.82, 2.24) is 0 Å². The molecule has 78 valence electrons. The van der Waals surface area contributed by atoms with Gasteiger partial charge in [0, 0.05) is 5.92 Å². The van der Waals surface area contributed by atoms with Crippen LogP contribution in [0.3, 0.4) is 0 Å². The molecule has 2 rings (SSSR count). The van der Waals surface area contributed by atoms with Crippen molar-refractivity contribution in [3.8, 4) is 0 Å². The Morgan fingerprint density at radius 3 is 2.43 bits per heavy atom. The molecule has 2 fully saturated rings. The molecule has 0 spiro atoms. The lowest BCUT2D eigenvalue weighted by atomic mass is 9.90. The molecular formula is C8H10FNO4. The van der Waals surface area contributed by atoms with Crippen LogP contribution >= 0.6 is 0 Å². The summed E-state index contributed by atoms with van der Waals surface area (Å²) < 4.78 is 13.2. The van der Waals surface area contributed by atoms with E-state index in [0.717, 1.165) is 0 Å². The van der Waals surface area contributed by atoms with Crippen molar-refractivity contribution in [2.75, 3.05) is 0 Å². The van der Waals surface area contributed by atoms with Gasteiger partial charge in [-0.15, -0.1) is 0 Å². The summed E-state index contributed by atoms with van der Waals surface area (Å²) in [6.45, 7) is 0. The van der Waals surface area contributed by atoms with Gasteiger partial charge in [0.25, 0.3) is 0 Å². The van der Waals surface area contributed by atoms with Crippen LogP contribution in [-0.2, 0) is 9.59 Å². The van der Waals surface area contributed by atoms with E-state index in [4.69, 9.17) is 15.9 Å². The molecule has 14 heavy (non-hydrogen) atoms. The predicted octanol–water partition coefficient (Wildman–Crippen LogP) is -0.543. The van der Waals surface area contributed by atoms with Crippen LogP contribution in [0.15, 0.2) is 0 Å². The van der Waals surface area contributed by atoms with E-state index in [9.17, 15) is 14.0 Å². The second kappa shape index (κ2) is 2.44. The molecule has 2 aliphatic carbocycles. The van der Waals surface area contributed by atoms with Gasteiger partial charge >= 0.3 is 11.9 Å². The number of fused-ring (bicyclic) bond motifs is 1. The number of carboxylic acid groups (broad SMARTS) is 2. The molecule has 4 N–H and O–H groups in total. The second-order valence-corrected chi connectivity index (χ2v) is 4.00. The first-order valence-electron chi connectivity index (χ1n) is 4.29. The zero-order chi connectivity index (χ0) is 10.7. The zero-order valence-electron chi connectivity index (χ0n) is 7.18. The zero-order valence-corrected chi connectivity index (χ0v) is 7.18. The Bertz CT molecular complexity index is 320. The maximum Gasteiger partial charge on any atom is 0.327 e. The van der Waals surface area contributed by atoms with Gasteiger partial charge in [0.2, 0.25) is 0 Å². The fourth-order valence-electron chi connectivity index (χ4n) is 2.57. The molecule has 0 amide bonds. The third kappa shape index (κ3) is 0.863. The van der Waals surface area contributed by atoms with Crippen LogP contribution in [0.5, 0.6) is 0 Å². The van der Waals surface area contributed by atoms with Gasteiger partial charge < -0.3 is 15.9 Å². The number of nitrogens with two attached hydrogens (primary N) is 1. The number of rotatable bonds is 2. The Hall–Kier alpha value is -1.17. The molecule has 0 aromatic rings. The van der Waals surface area contributed by atoms with Gasteiger partial charge in [-0.3, -0.25) is 9.59 Å². The van der Waals surface area contributed by atoms with E-state index in [1.807, 2.05) is 0 Å². The van der Waals surface area contributed by atoms with Crippen LogP contribution in [0.2, 0.25) is 0 Å². The number of aliphatic carboxylic acids is 2. The van der Waals surface area contributed by atoms with Crippen LogP contribution in [0.25, 0.3) is 0 Å². The second-order valence-electron chi connectivity index (χ2n) is 4.00. The normalized spacial score (nSPS) is 49.9. The van der Waals surface area contributed by atoms with Crippen LogP contribution in [0.1, 0.15) is 6.42 Å². The Kier molecular flexibility index (Phi) is 1.64. The third-order valence-electron chi connectivity index (χ3n) is 3.37. The van der Waals surface area contributed by atoms with Gasteiger partial charge in [-0.25, -0.2) is 4.39 Å². The highest BCUT2D eigenvalue weighted by molar-refractivity contribution is 5.86. The minimum absolute atomic E-state index is 0.0512. The largest absolute Gasteiger partial charge is 0.481 e. The number of carboxylic acids is 2. The van der Waals surface area contributed by atoms with Gasteiger partial charge in [0.05, 0.1) is 5.92 Å². The minimum Gasteiger partial charge on any atom is -0.481 e. The molecule has 2 saturated carbocycles. The maximum atomic E-state index is 13.2. The van der Waals surface area contributed by atoms with E-state index in [2.05, 4.69) is 0 Å². The van der Waals surface area contributed by atoms with Crippen molar-refractivity contribution in [1.29, 1.82) is 0 Å². The number of halogens is 1. The van der Waals surface area contributed by atoms with Crippen molar-refractivity contribution < 1.29 is 24.2 Å². The highest BCUT2D eigenvalue weighted by atomic mass is 19.1. The standard InChI is InChI=1S/C8H10FNO4/c9-3-1-2-4(6(11)12)5(2)8(3,10)7(13)14/h2-5H,1,10H2,(H,11,12)(H,13,14)/t2?,3-,4?,5?,8-/m0/s1. The summed E-state index contributed by atoms with van der Waals surface area (Å²) in [5.74, 6) is -4.44. The summed E-state index contributed by atoms with van der Waals surface area (Å²) in [5, 5.41) is 17.5. The quantitative estimate of drug-likeness (QED) is 0.559. The predicted molar refractivity (Wildman–Crippen MR) is 42.2 cm³/mol. The average molecular weight is 203 g/mol. The summed E-state index contributed by atoms with van der Waals surface area (Å²) in [6.07, 6.45) is -1.68. The molecule has 5 atom stereocenters. The van der Waals surface area contributed by atoms with Gasteiger partial charge in [-0.1, -0.05) is 0 Å². The summed E-state index contributed by atoms with van der Waals surface area (Å²) >= 11 is 0. The Labute approximate surface area is 78.7 Å². The molecule has 5 nitrogen and oxygen atoms in total. The molecule has 0 saturated heterocycles. The molecular weight excluding hydrogens is 193 g/mol. The SMILES string of the molecule is N[C@]1(C(=O)O)C2C(C[C@@H]1F)C2C(=O)O. The van der Waals surface area contributed by atoms with E-state index in [-0.39, 0.29) is 6.42 Å². The van der Waals surface area contributed by atoms with Gasteiger partial charge in [-0.2, -0.15) is 0 Å². The highest BCUT2D eigenvalue weighted by Gasteiger charge is 2.74. The van der Waals surface area contributed by atoms with Crippen molar-refractivity contribution in [2.24, 2.45) is 23.5 Å². The number of alkyl halides is 1. The van der Waals surface area contributed by atoms with Crippen molar-refractivity contribution >= 4 is 11.9 Å². The topological polar surface area (TPSA) is 101 Å². The van der Waals surface area contributed by atoms with Gasteiger partial charge in [0.15, 0.2) is 0 Å². The van der Waals surface area contributed by atoms with Crippen LogP contribution in [0.4, 0.5) is 4.39 Å². The molecule has 0 radical (unpaired) electrons. The lowest BCUT2D eigenvalue weighted by molar-refractivity contribution is -0.147. The van der Waals surface area contributed by atoms with Crippen LogP contribution in [0, 0.1) is 17.8 Å². The Morgan fingerprint density at radius 1 is 1.43 bits per heavy atom. The summed E-state index contributed by atoms with van der Waals surface area (Å²) in [4.78, 5) is 21.4. The Morgan fingerprint density at radius 2 is 2.00 bits per heavy atom. The molecule has 3 unspecified atom stereocenters. The van der Waals surface area contributed by atoms with Gasteiger partial charge in [0.1, 0.15) is 11.7 Å². The molecule has 0 aromatic heterocycles. The summed E-state index contributed by atoms with van der Waals surface area (Å²) in [6, 6.07) is 0. The number of hydrogen-bond donors (Lipinski definition) is 3. The highest BCUT2D eigenvalue weighted by Crippen LogP contribution is 2.62. The third-order valence-corrected chi connectivity index (χ3v) is 3.37. The molecule has 2 aliphatic rings. The van der Waals surface area contributed by atoms with Crippen LogP contribution < -0.4 is 5.73 Å². The fourth-order valence-corrected chi connectivity index (χ4v) is 2.57. The van der Waals surface area contributed by atoms with Crippen molar-refractivity contribution in [3.63, 3.8) is 0 Å². The fraction of sp³-hybridized carbons (Fsp3) is 0.750. The van der Waals surface area contributed by atoms with Crippen molar-refractivity contribution in [2.45, 2.75) is 18.1 Å². The summed E-state index contributed by atoms with van der Waals surface area (Å²) in [5.41, 5.74) is 3.43. The molecule has 0 aromatic carbocycles. The van der Waals surface area contributed by atoms with E-state index in [1.54, 1.807) is 0 Å². The molecule has 0 heterocycles. The lowest BCUT2D eigenvalue weighted by Gasteiger charge is -2.24. The van der Waals surface area contributed by atoms with E-state index in [1.165, 1.54) is 0 Å². The van der Waals surface area contributed by atoms with E-state index < -0.39 is 41.4 Å². The van der Waals surface area contributed by atoms with E-state index >= 15 is 0 Å². The monoisotopic (exact) mass is 203 g/mol. The number of carbonyl (C=O) groups is 2. The smallest absolute Gasteiger partial charge is 0.327 e. The molecule has 6 heteroatoms. The van der Waals surface area contributed by atoms with Crippen LogP contribution in [-0.4, -0.2) is 33.9 Å². The van der Waals surface area contributed by atoms with Crippen molar-refractivity contribution in [3.05, 3.63) is 0 Å². The molecule has 0 bridgehead atoms. The van der Waals surface area contributed by atoms with E-state index in [0.29, 0.717) is 0 Å². The maximum absolute atomic E-state index is 13.2. The molecule has 0 aliphatic heterocycles. The minimum atomic E-state index is -1.99. The first-order valence-corrected chi connectivity index (χ1v) is 4.29. The number of hydrogen-bond acceptors (Lipinski definition) is 3. The first-order chi connectivity index (χ1) is 6.40. The average Bonchev–Trinajstić information content (AvgIpc) is 2.70. The summed E-state index contributed by atoms with van der Waals surface area (Å²) in [7, 11) is 0.